The van der Waals surface area contributed by atoms with Crippen LogP contribution in [0.5, 0.6) is 0 Å². The first-order valence-corrected chi connectivity index (χ1v) is 20.9. The lowest BCUT2D eigenvalue weighted by molar-refractivity contribution is 0.669. The van der Waals surface area contributed by atoms with Crippen molar-refractivity contribution >= 4 is 65.6 Å². The number of para-hydroxylation sites is 6. The second-order valence-electron chi connectivity index (χ2n) is 15.8. The van der Waals surface area contributed by atoms with E-state index < -0.39 is 0 Å². The van der Waals surface area contributed by atoms with Crippen LogP contribution in [0.3, 0.4) is 0 Å². The Balaban J connectivity index is 1.05. The van der Waals surface area contributed by atoms with Crippen molar-refractivity contribution in [3.63, 3.8) is 0 Å². The van der Waals surface area contributed by atoms with Gasteiger partial charge in [0.25, 0.3) is 0 Å². The molecule has 13 rings (SSSR count). The molecule has 0 unspecified atom stereocenters. The van der Waals surface area contributed by atoms with E-state index in [-0.39, 0.29) is 0 Å². The highest BCUT2D eigenvalue weighted by molar-refractivity contribution is 6.27. The molecule has 0 atom stereocenters. The van der Waals surface area contributed by atoms with E-state index >= 15 is 0 Å². The summed E-state index contributed by atoms with van der Waals surface area (Å²) in [6, 6.07) is 75.1. The molecule has 0 aliphatic carbocycles. The van der Waals surface area contributed by atoms with Crippen molar-refractivity contribution in [3.8, 4) is 51.0 Å². The third kappa shape index (κ3) is 5.04. The summed E-state index contributed by atoms with van der Waals surface area (Å²) in [6.45, 7) is 0. The molecule has 0 amide bonds. The monoisotopic (exact) mass is 793 g/mol. The zero-order valence-corrected chi connectivity index (χ0v) is 33.4. The highest BCUT2D eigenvalue weighted by atomic mass is 16.3. The number of aromatic nitrogens is 5. The van der Waals surface area contributed by atoms with E-state index in [4.69, 9.17) is 14.6 Å². The van der Waals surface area contributed by atoms with Crippen LogP contribution in [0.4, 0.5) is 0 Å². The highest BCUT2D eigenvalue weighted by Gasteiger charge is 2.24. The van der Waals surface area contributed by atoms with Crippen molar-refractivity contribution in [2.45, 2.75) is 0 Å². The van der Waals surface area contributed by atoms with E-state index in [1.807, 2.05) is 30.3 Å². The first-order valence-electron chi connectivity index (χ1n) is 20.9. The van der Waals surface area contributed by atoms with Crippen molar-refractivity contribution in [1.82, 2.24) is 23.9 Å². The number of rotatable bonds is 6. The fourth-order valence-corrected chi connectivity index (χ4v) is 9.76. The second kappa shape index (κ2) is 13.5. The summed E-state index contributed by atoms with van der Waals surface area (Å²) in [5.41, 5.74) is 13.7. The van der Waals surface area contributed by atoms with Gasteiger partial charge in [-0.1, -0.05) is 152 Å². The fraction of sp³-hybridized carbons (Fsp3) is 0. The Kier molecular flexibility index (Phi) is 7.50. The number of hydrogen-bond acceptors (Lipinski definition) is 3. The molecular formula is C56H35N5O. The van der Waals surface area contributed by atoms with Gasteiger partial charge in [0.05, 0.1) is 33.4 Å². The number of benzene rings is 9. The van der Waals surface area contributed by atoms with Crippen LogP contribution in [0, 0.1) is 0 Å². The van der Waals surface area contributed by atoms with Gasteiger partial charge in [0.1, 0.15) is 11.2 Å². The Hall–Kier alpha value is -8.48. The molecule has 0 aliphatic rings. The molecule has 290 valence electrons. The van der Waals surface area contributed by atoms with E-state index in [9.17, 15) is 0 Å². The molecule has 6 nitrogen and oxygen atoms in total. The van der Waals surface area contributed by atoms with E-state index in [1.165, 1.54) is 21.5 Å². The smallest absolute Gasteiger partial charge is 0.168 e. The normalized spacial score (nSPS) is 11.9. The lowest BCUT2D eigenvalue weighted by Crippen LogP contribution is -2.02. The van der Waals surface area contributed by atoms with Crippen LogP contribution in [-0.4, -0.2) is 23.9 Å². The molecule has 0 N–H and O–H groups in total. The molecule has 0 saturated heterocycles. The van der Waals surface area contributed by atoms with Crippen LogP contribution < -0.4 is 0 Å². The van der Waals surface area contributed by atoms with Crippen LogP contribution >= 0.6 is 0 Å². The Morgan fingerprint density at radius 3 is 1.61 bits per heavy atom. The summed E-state index contributed by atoms with van der Waals surface area (Å²) in [7, 11) is 0. The Bertz CT molecular complexity index is 3870. The third-order valence-corrected chi connectivity index (χ3v) is 12.4. The molecule has 4 aromatic heterocycles. The first kappa shape index (κ1) is 34.4. The molecule has 0 saturated carbocycles. The molecular weight excluding hydrogens is 759 g/mol. The largest absolute Gasteiger partial charge is 0.456 e. The van der Waals surface area contributed by atoms with Crippen molar-refractivity contribution in [2.75, 3.05) is 0 Å². The van der Waals surface area contributed by atoms with Crippen LogP contribution in [0.2, 0.25) is 0 Å². The molecule has 0 fully saturated rings. The van der Waals surface area contributed by atoms with Gasteiger partial charge in [-0.3, -0.25) is 4.57 Å². The Labute approximate surface area is 355 Å². The van der Waals surface area contributed by atoms with E-state index in [0.29, 0.717) is 0 Å². The van der Waals surface area contributed by atoms with E-state index in [0.717, 1.165) is 95.0 Å². The SMILES string of the molecule is c1ccc(-c2nnc(-c3ccc4c5ccccc5n(-c5ccccc5-c5ccccc5-n5c6ccccc6c6c7c(ccc65)oc5ccccc57)c4c3)n2-c2ccccc2)cc1. The van der Waals surface area contributed by atoms with Crippen LogP contribution in [0.15, 0.2) is 217 Å². The lowest BCUT2D eigenvalue weighted by atomic mass is 10.0. The van der Waals surface area contributed by atoms with Gasteiger partial charge < -0.3 is 13.6 Å². The predicted molar refractivity (Wildman–Crippen MR) is 254 cm³/mol. The van der Waals surface area contributed by atoms with Crippen molar-refractivity contribution in [3.05, 3.63) is 212 Å². The summed E-state index contributed by atoms with van der Waals surface area (Å²) < 4.78 is 13.4. The van der Waals surface area contributed by atoms with Gasteiger partial charge in [-0.25, -0.2) is 0 Å². The zero-order chi connectivity index (χ0) is 40.7. The predicted octanol–water partition coefficient (Wildman–Crippen LogP) is 14.4. The highest BCUT2D eigenvalue weighted by Crippen LogP contribution is 2.44. The van der Waals surface area contributed by atoms with Crippen LogP contribution in [0.1, 0.15) is 0 Å². The van der Waals surface area contributed by atoms with Gasteiger partial charge in [-0.15, -0.1) is 10.2 Å². The van der Waals surface area contributed by atoms with Crippen molar-refractivity contribution in [2.24, 2.45) is 0 Å². The minimum Gasteiger partial charge on any atom is -0.456 e. The second-order valence-corrected chi connectivity index (χ2v) is 15.8. The van der Waals surface area contributed by atoms with Gasteiger partial charge in [0, 0.05) is 60.3 Å². The Morgan fingerprint density at radius 2 is 0.871 bits per heavy atom. The standard InChI is InChI=1S/C56H35N5O/c1-3-17-36(18-4-1)55-57-58-56(59(55)38-19-5-2-6-20-38)37-31-32-42-41-23-9-14-28-47(41)61(50(42)35-37)46-27-13-8-22-40(46)39-21-7-12-26-45(39)60-48-29-15-10-24-43(48)53-49(60)33-34-52-54(53)44-25-11-16-30-51(44)62-52/h1-35H. The Morgan fingerprint density at radius 1 is 0.323 bits per heavy atom. The number of fused-ring (bicyclic) bond motifs is 10. The van der Waals surface area contributed by atoms with Crippen LogP contribution in [0.25, 0.3) is 117 Å². The summed E-state index contributed by atoms with van der Waals surface area (Å²) in [6.07, 6.45) is 0. The summed E-state index contributed by atoms with van der Waals surface area (Å²) >= 11 is 0. The van der Waals surface area contributed by atoms with E-state index in [2.05, 4.69) is 196 Å². The third-order valence-electron chi connectivity index (χ3n) is 12.4. The van der Waals surface area contributed by atoms with E-state index in [1.54, 1.807) is 0 Å². The van der Waals surface area contributed by atoms with Gasteiger partial charge in [-0.2, -0.15) is 0 Å². The average molecular weight is 794 g/mol. The van der Waals surface area contributed by atoms with Crippen molar-refractivity contribution < 1.29 is 4.42 Å². The molecule has 0 radical (unpaired) electrons. The molecule has 0 aliphatic heterocycles. The minimum atomic E-state index is 0.776. The molecule has 9 aromatic carbocycles. The first-order chi connectivity index (χ1) is 30.8. The summed E-state index contributed by atoms with van der Waals surface area (Å²) in [5.74, 6) is 1.57. The summed E-state index contributed by atoms with van der Waals surface area (Å²) in [5, 5.41) is 16.7. The maximum Gasteiger partial charge on any atom is 0.168 e. The van der Waals surface area contributed by atoms with Gasteiger partial charge >= 0.3 is 0 Å². The topological polar surface area (TPSA) is 53.7 Å². The van der Waals surface area contributed by atoms with Gasteiger partial charge in [0.2, 0.25) is 0 Å². The van der Waals surface area contributed by atoms with Gasteiger partial charge in [-0.05, 0) is 60.7 Å². The quantitative estimate of drug-likeness (QED) is 0.168. The van der Waals surface area contributed by atoms with Gasteiger partial charge in [0.15, 0.2) is 11.6 Å². The molecule has 0 spiro atoms. The number of furan rings is 1. The average Bonchev–Trinajstić information content (AvgIpc) is 4.11. The fourth-order valence-electron chi connectivity index (χ4n) is 9.76. The van der Waals surface area contributed by atoms with Crippen molar-refractivity contribution in [1.29, 1.82) is 0 Å². The number of hydrogen-bond donors (Lipinski definition) is 0. The molecule has 0 bridgehead atoms. The lowest BCUT2D eigenvalue weighted by Gasteiger charge is -2.18. The maximum atomic E-state index is 6.41. The molecule has 62 heavy (non-hydrogen) atoms. The van der Waals surface area contributed by atoms with Crippen LogP contribution in [-0.2, 0) is 0 Å². The zero-order valence-electron chi connectivity index (χ0n) is 33.4. The molecule has 6 heteroatoms. The minimum absolute atomic E-state index is 0.776. The summed E-state index contributed by atoms with van der Waals surface area (Å²) in [4.78, 5) is 0. The maximum absolute atomic E-state index is 6.41. The number of nitrogens with zero attached hydrogens (tertiary/aromatic N) is 5. The molecule has 13 aromatic rings. The molecule has 4 heterocycles.